The van der Waals surface area contributed by atoms with Crippen molar-refractivity contribution in [2.45, 2.75) is 19.5 Å². The highest BCUT2D eigenvalue weighted by Gasteiger charge is 2.07. The van der Waals surface area contributed by atoms with Crippen molar-refractivity contribution < 1.29 is 9.53 Å². The van der Waals surface area contributed by atoms with Crippen LogP contribution in [0.3, 0.4) is 0 Å². The predicted molar refractivity (Wildman–Crippen MR) is 103 cm³/mol. The summed E-state index contributed by atoms with van der Waals surface area (Å²) in [6.07, 6.45) is 4.09. The number of para-hydroxylation sites is 2. The Labute approximate surface area is 152 Å². The van der Waals surface area contributed by atoms with Gasteiger partial charge in [-0.25, -0.2) is 0 Å². The van der Waals surface area contributed by atoms with E-state index in [2.05, 4.69) is 10.5 Å². The van der Waals surface area contributed by atoms with Crippen LogP contribution >= 0.6 is 0 Å². The number of carbonyl (C=O) groups excluding carboxylic acids is 1. The van der Waals surface area contributed by atoms with Crippen LogP contribution in [0.5, 0.6) is 5.75 Å². The average Bonchev–Trinajstić information content (AvgIpc) is 3.02. The predicted octanol–water partition coefficient (Wildman–Crippen LogP) is 2.65. The third kappa shape index (κ3) is 4.03. The molecule has 3 rings (SSSR count). The molecule has 134 valence electrons. The zero-order valence-corrected chi connectivity index (χ0v) is 14.7. The quantitative estimate of drug-likeness (QED) is 0.484. The molecular weight excluding hydrogens is 328 g/mol. The second-order valence-corrected chi connectivity index (χ2v) is 5.92. The molecule has 1 heterocycles. The molecule has 0 aliphatic heterocycles. The van der Waals surface area contributed by atoms with Gasteiger partial charge in [0, 0.05) is 41.2 Å². The van der Waals surface area contributed by atoms with Crippen LogP contribution in [0.1, 0.15) is 17.5 Å². The maximum absolute atomic E-state index is 11.1. The van der Waals surface area contributed by atoms with Gasteiger partial charge in [-0.05, 0) is 12.1 Å². The summed E-state index contributed by atoms with van der Waals surface area (Å²) in [5, 5.41) is 5.42. The highest BCUT2D eigenvalue weighted by atomic mass is 16.5. The van der Waals surface area contributed by atoms with Crippen molar-refractivity contribution in [1.82, 2.24) is 9.99 Å². The van der Waals surface area contributed by atoms with E-state index in [-0.39, 0.29) is 5.91 Å². The van der Waals surface area contributed by atoms with E-state index in [1.54, 1.807) is 13.3 Å². The van der Waals surface area contributed by atoms with Gasteiger partial charge in [-0.3, -0.25) is 4.79 Å². The molecule has 0 radical (unpaired) electrons. The first kappa shape index (κ1) is 17.5. The molecule has 0 bridgehead atoms. The summed E-state index contributed by atoms with van der Waals surface area (Å²) in [6.45, 7) is 1.12. The Kier molecular flexibility index (Phi) is 5.53. The third-order valence-corrected chi connectivity index (χ3v) is 4.18. The fourth-order valence-corrected chi connectivity index (χ4v) is 2.89. The summed E-state index contributed by atoms with van der Waals surface area (Å²) < 4.78 is 7.36. The van der Waals surface area contributed by atoms with E-state index in [9.17, 15) is 4.79 Å². The van der Waals surface area contributed by atoms with Gasteiger partial charge in [-0.1, -0.05) is 36.4 Å². The molecule has 0 aliphatic carbocycles. The molecular formula is C20H22N4O2. The van der Waals surface area contributed by atoms with Crippen LogP contribution in [0, 0.1) is 0 Å². The van der Waals surface area contributed by atoms with Gasteiger partial charge < -0.3 is 20.5 Å². The number of hydrazone groups is 1. The lowest BCUT2D eigenvalue weighted by Gasteiger charge is -2.07. The van der Waals surface area contributed by atoms with Crippen LogP contribution in [-0.4, -0.2) is 23.8 Å². The molecule has 2 aromatic carbocycles. The lowest BCUT2D eigenvalue weighted by Crippen LogP contribution is -2.13. The van der Waals surface area contributed by atoms with Gasteiger partial charge in [-0.15, -0.1) is 0 Å². The summed E-state index contributed by atoms with van der Waals surface area (Å²) in [4.78, 5) is 11.1. The van der Waals surface area contributed by atoms with Crippen molar-refractivity contribution in [1.29, 1.82) is 0 Å². The number of methoxy groups -OCH3 is 1. The number of nitrogens with one attached hydrogen (secondary N) is 1. The summed E-state index contributed by atoms with van der Waals surface area (Å²) in [6, 6.07) is 15.9. The molecule has 0 saturated carbocycles. The molecule has 26 heavy (non-hydrogen) atoms. The first-order valence-corrected chi connectivity index (χ1v) is 8.43. The number of hydrogen-bond acceptors (Lipinski definition) is 4. The maximum atomic E-state index is 11.1. The minimum atomic E-state index is -0.309. The van der Waals surface area contributed by atoms with Crippen molar-refractivity contribution in [3.63, 3.8) is 0 Å². The topological polar surface area (TPSA) is 81.6 Å². The van der Waals surface area contributed by atoms with E-state index < -0.39 is 0 Å². The van der Waals surface area contributed by atoms with Crippen molar-refractivity contribution >= 4 is 23.0 Å². The number of nitrogens with zero attached hydrogens (tertiary/aromatic N) is 2. The van der Waals surface area contributed by atoms with Gasteiger partial charge in [0.05, 0.1) is 19.9 Å². The minimum absolute atomic E-state index is 0.307. The second kappa shape index (κ2) is 8.20. The normalized spacial score (nSPS) is 11.1. The van der Waals surface area contributed by atoms with Crippen molar-refractivity contribution in [2.24, 2.45) is 10.8 Å². The Morgan fingerprint density at radius 3 is 2.81 bits per heavy atom. The number of fused-ring (bicyclic) bond motifs is 1. The van der Waals surface area contributed by atoms with Crippen LogP contribution < -0.4 is 15.9 Å². The summed E-state index contributed by atoms with van der Waals surface area (Å²) in [5.41, 5.74) is 11.4. The number of nitrogens with two attached hydrogens (primary N) is 1. The Morgan fingerprint density at radius 1 is 1.23 bits per heavy atom. The molecule has 0 fully saturated rings. The number of carbonyl (C=O) groups is 1. The smallest absolute Gasteiger partial charge is 0.219 e. The van der Waals surface area contributed by atoms with E-state index in [1.165, 1.54) is 0 Å². The number of benzene rings is 2. The van der Waals surface area contributed by atoms with Gasteiger partial charge >= 0.3 is 0 Å². The Bertz CT molecular complexity index is 930. The molecule has 6 nitrogen and oxygen atoms in total. The van der Waals surface area contributed by atoms with Crippen LogP contribution in [-0.2, 0) is 17.9 Å². The molecule has 0 aliphatic rings. The standard InChI is InChI=1S/C20H22N4O2/c1-26-19-9-5-2-6-15(19)12-22-23-13-16-14-24(11-10-20(21)25)18-8-4-3-7-17(16)18/h2-9,13-14,22H,10-12H2,1H3,(H2,21,25)/b23-13+. The summed E-state index contributed by atoms with van der Waals surface area (Å²) in [7, 11) is 1.66. The number of rotatable bonds is 8. The first-order chi connectivity index (χ1) is 12.7. The van der Waals surface area contributed by atoms with Crippen LogP contribution in [0.2, 0.25) is 0 Å². The van der Waals surface area contributed by atoms with E-state index in [0.29, 0.717) is 19.5 Å². The van der Waals surface area contributed by atoms with Crippen molar-refractivity contribution in [3.8, 4) is 5.75 Å². The lowest BCUT2D eigenvalue weighted by atomic mass is 10.2. The Morgan fingerprint density at radius 2 is 2.00 bits per heavy atom. The average molecular weight is 350 g/mol. The van der Waals surface area contributed by atoms with Gasteiger partial charge in [0.2, 0.25) is 5.91 Å². The fraction of sp³-hybridized carbons (Fsp3) is 0.200. The molecule has 0 atom stereocenters. The van der Waals surface area contributed by atoms with Crippen LogP contribution in [0.4, 0.5) is 0 Å². The molecule has 6 heteroatoms. The molecule has 3 aromatic rings. The number of aryl methyl sites for hydroxylation is 1. The SMILES string of the molecule is COc1ccccc1CN/N=C/c1cn(CCC(N)=O)c2ccccc12. The molecule has 0 unspecified atom stereocenters. The van der Waals surface area contributed by atoms with E-state index in [4.69, 9.17) is 10.5 Å². The van der Waals surface area contributed by atoms with Crippen molar-refractivity contribution in [2.75, 3.05) is 7.11 Å². The highest BCUT2D eigenvalue weighted by molar-refractivity contribution is 5.99. The van der Waals surface area contributed by atoms with E-state index >= 15 is 0 Å². The molecule has 0 saturated heterocycles. The van der Waals surface area contributed by atoms with E-state index in [1.807, 2.05) is 59.3 Å². The molecule has 1 aromatic heterocycles. The summed E-state index contributed by atoms with van der Waals surface area (Å²) in [5.74, 6) is 0.523. The number of amides is 1. The lowest BCUT2D eigenvalue weighted by molar-refractivity contribution is -0.118. The third-order valence-electron chi connectivity index (χ3n) is 4.18. The fourth-order valence-electron chi connectivity index (χ4n) is 2.89. The number of ether oxygens (including phenoxy) is 1. The molecule has 0 spiro atoms. The van der Waals surface area contributed by atoms with E-state index in [0.717, 1.165) is 27.8 Å². The Balaban J connectivity index is 1.73. The Hall–Kier alpha value is -3.28. The van der Waals surface area contributed by atoms with Gasteiger partial charge in [0.15, 0.2) is 0 Å². The summed E-state index contributed by atoms with van der Waals surface area (Å²) >= 11 is 0. The van der Waals surface area contributed by atoms with Gasteiger partial charge in [0.1, 0.15) is 5.75 Å². The maximum Gasteiger partial charge on any atom is 0.219 e. The van der Waals surface area contributed by atoms with Gasteiger partial charge in [-0.2, -0.15) is 5.10 Å². The molecule has 1 amide bonds. The highest BCUT2D eigenvalue weighted by Crippen LogP contribution is 2.20. The zero-order valence-electron chi connectivity index (χ0n) is 14.7. The number of primary amides is 1. The first-order valence-electron chi connectivity index (χ1n) is 8.43. The van der Waals surface area contributed by atoms with Gasteiger partial charge in [0.25, 0.3) is 0 Å². The number of hydrogen-bond donors (Lipinski definition) is 2. The zero-order chi connectivity index (χ0) is 18.4. The van der Waals surface area contributed by atoms with Crippen LogP contribution in [0.15, 0.2) is 59.8 Å². The van der Waals surface area contributed by atoms with Crippen molar-refractivity contribution in [3.05, 3.63) is 65.9 Å². The van der Waals surface area contributed by atoms with Crippen LogP contribution in [0.25, 0.3) is 10.9 Å². The monoisotopic (exact) mass is 350 g/mol. The minimum Gasteiger partial charge on any atom is -0.496 e. The molecule has 3 N–H and O–H groups in total. The second-order valence-electron chi connectivity index (χ2n) is 5.92. The number of aromatic nitrogens is 1. The largest absolute Gasteiger partial charge is 0.496 e.